The van der Waals surface area contributed by atoms with Crippen molar-refractivity contribution in [2.24, 2.45) is 0 Å². The monoisotopic (exact) mass is 373 g/mol. The van der Waals surface area contributed by atoms with Gasteiger partial charge in [0, 0.05) is 51.2 Å². The highest BCUT2D eigenvalue weighted by molar-refractivity contribution is 6.32. The summed E-state index contributed by atoms with van der Waals surface area (Å²) >= 11 is 6.36. The Bertz CT molecular complexity index is 748. The van der Waals surface area contributed by atoms with Gasteiger partial charge in [-0.25, -0.2) is 0 Å². The number of hydrogen-bond donors (Lipinski definition) is 0. The fraction of sp³-hybridized carbons (Fsp3) is 0.450. The van der Waals surface area contributed by atoms with E-state index in [1.807, 2.05) is 24.5 Å². The van der Waals surface area contributed by atoms with Crippen LogP contribution < -0.4 is 9.47 Å². The van der Waals surface area contributed by atoms with Gasteiger partial charge in [0.25, 0.3) is 0 Å². The molecular weight excluding hydrogens is 350 g/mol. The minimum Gasteiger partial charge on any atom is -0.486 e. The Morgan fingerprint density at radius 2 is 1.96 bits per heavy atom. The predicted octanol–water partition coefficient (Wildman–Crippen LogP) is 3.39. The molecule has 1 atom stereocenters. The fourth-order valence-electron chi connectivity index (χ4n) is 3.66. The van der Waals surface area contributed by atoms with Crippen LogP contribution >= 0.6 is 11.6 Å². The van der Waals surface area contributed by atoms with Crippen molar-refractivity contribution in [2.75, 3.05) is 39.4 Å². The minimum atomic E-state index is 0.398. The van der Waals surface area contributed by atoms with Gasteiger partial charge in [-0.1, -0.05) is 17.7 Å². The molecule has 2 aliphatic rings. The zero-order chi connectivity index (χ0) is 17.9. The topological polar surface area (TPSA) is 37.8 Å². The van der Waals surface area contributed by atoms with Crippen LogP contribution in [0.25, 0.3) is 0 Å². The van der Waals surface area contributed by atoms with Crippen LogP contribution in [-0.4, -0.2) is 54.2 Å². The van der Waals surface area contributed by atoms with Gasteiger partial charge < -0.3 is 9.47 Å². The van der Waals surface area contributed by atoms with E-state index in [4.69, 9.17) is 21.1 Å². The molecule has 0 N–H and O–H groups in total. The molecule has 1 aromatic heterocycles. The summed E-state index contributed by atoms with van der Waals surface area (Å²) in [4.78, 5) is 9.23. The molecule has 0 aliphatic carbocycles. The molecule has 26 heavy (non-hydrogen) atoms. The third kappa shape index (κ3) is 3.80. The van der Waals surface area contributed by atoms with E-state index in [-0.39, 0.29) is 0 Å². The molecule has 3 heterocycles. The summed E-state index contributed by atoms with van der Waals surface area (Å²) < 4.78 is 11.3. The lowest BCUT2D eigenvalue weighted by molar-refractivity contribution is 0.0975. The number of fused-ring (bicyclic) bond motifs is 1. The Morgan fingerprint density at radius 1 is 1.15 bits per heavy atom. The van der Waals surface area contributed by atoms with Gasteiger partial charge in [-0.3, -0.25) is 14.8 Å². The third-order valence-corrected chi connectivity index (χ3v) is 5.46. The summed E-state index contributed by atoms with van der Waals surface area (Å²) in [6.45, 7) is 8.45. The molecule has 5 nitrogen and oxygen atoms in total. The molecule has 6 heteroatoms. The number of pyridine rings is 1. The molecule has 1 saturated heterocycles. The zero-order valence-corrected chi connectivity index (χ0v) is 15.8. The number of aromatic nitrogens is 1. The van der Waals surface area contributed by atoms with Gasteiger partial charge in [0.2, 0.25) is 0 Å². The van der Waals surface area contributed by atoms with E-state index >= 15 is 0 Å². The van der Waals surface area contributed by atoms with E-state index in [9.17, 15) is 0 Å². The Kier molecular flexibility index (Phi) is 5.29. The molecule has 1 aromatic carbocycles. The Morgan fingerprint density at radius 3 is 2.73 bits per heavy atom. The van der Waals surface area contributed by atoms with Gasteiger partial charge in [-0.2, -0.15) is 0 Å². The van der Waals surface area contributed by atoms with E-state index in [0.29, 0.717) is 30.0 Å². The largest absolute Gasteiger partial charge is 0.486 e. The molecule has 0 spiro atoms. The highest BCUT2D eigenvalue weighted by Gasteiger charge is 2.23. The molecule has 138 valence electrons. The first-order valence-electron chi connectivity index (χ1n) is 9.15. The Hall–Kier alpha value is -1.82. The van der Waals surface area contributed by atoms with E-state index < -0.39 is 0 Å². The minimum absolute atomic E-state index is 0.398. The number of halogens is 1. The second-order valence-corrected chi connectivity index (χ2v) is 7.28. The zero-order valence-electron chi connectivity index (χ0n) is 15.0. The number of hydrogen-bond acceptors (Lipinski definition) is 5. The lowest BCUT2D eigenvalue weighted by Gasteiger charge is -2.38. The normalized spacial score (nSPS) is 19.3. The van der Waals surface area contributed by atoms with Crippen molar-refractivity contribution in [3.05, 3.63) is 52.8 Å². The van der Waals surface area contributed by atoms with E-state index in [1.54, 1.807) is 0 Å². The van der Waals surface area contributed by atoms with Crippen LogP contribution in [0.4, 0.5) is 0 Å². The quantitative estimate of drug-likeness (QED) is 0.821. The van der Waals surface area contributed by atoms with Crippen molar-refractivity contribution in [1.29, 1.82) is 0 Å². The van der Waals surface area contributed by atoms with Crippen LogP contribution in [0.5, 0.6) is 11.5 Å². The summed E-state index contributed by atoms with van der Waals surface area (Å²) in [5, 5.41) is 0.640. The second kappa shape index (κ2) is 7.82. The van der Waals surface area contributed by atoms with Crippen molar-refractivity contribution in [1.82, 2.24) is 14.8 Å². The number of ether oxygens (including phenoxy) is 2. The summed E-state index contributed by atoms with van der Waals surface area (Å²) in [6, 6.07) is 8.62. The second-order valence-electron chi connectivity index (χ2n) is 6.88. The Labute approximate surface area is 159 Å². The molecule has 2 aliphatic heterocycles. The SMILES string of the molecule is CC(c1cccnc1)N1CCN(Cc2cc(Cl)c3c(c2)OCCO3)CC1. The molecule has 2 aromatic rings. The van der Waals surface area contributed by atoms with Crippen LogP contribution in [0.2, 0.25) is 5.02 Å². The van der Waals surface area contributed by atoms with Gasteiger partial charge >= 0.3 is 0 Å². The maximum Gasteiger partial charge on any atom is 0.179 e. The van der Waals surface area contributed by atoms with Crippen molar-refractivity contribution in [3.63, 3.8) is 0 Å². The molecule has 1 unspecified atom stereocenters. The first-order valence-corrected chi connectivity index (χ1v) is 9.53. The summed E-state index contributed by atoms with van der Waals surface area (Å²) in [5.74, 6) is 1.44. The molecule has 1 fully saturated rings. The lowest BCUT2D eigenvalue weighted by atomic mass is 10.1. The third-order valence-electron chi connectivity index (χ3n) is 5.18. The van der Waals surface area contributed by atoms with Gasteiger partial charge in [0.15, 0.2) is 11.5 Å². The van der Waals surface area contributed by atoms with E-state index in [1.165, 1.54) is 11.1 Å². The summed E-state index contributed by atoms with van der Waals surface area (Å²) in [5.41, 5.74) is 2.45. The van der Waals surface area contributed by atoms with Crippen LogP contribution in [0.15, 0.2) is 36.7 Å². The number of rotatable bonds is 4. The van der Waals surface area contributed by atoms with Crippen LogP contribution in [0, 0.1) is 0 Å². The molecular formula is C20H24ClN3O2. The predicted molar refractivity (Wildman–Crippen MR) is 102 cm³/mol. The molecule has 0 radical (unpaired) electrons. The smallest absolute Gasteiger partial charge is 0.179 e. The van der Waals surface area contributed by atoms with E-state index in [2.05, 4.69) is 33.8 Å². The van der Waals surface area contributed by atoms with Crippen LogP contribution in [0.3, 0.4) is 0 Å². The lowest BCUT2D eigenvalue weighted by Crippen LogP contribution is -2.46. The number of nitrogens with zero attached hydrogens (tertiary/aromatic N) is 3. The summed E-state index contributed by atoms with van der Waals surface area (Å²) in [7, 11) is 0. The highest BCUT2D eigenvalue weighted by Crippen LogP contribution is 2.38. The van der Waals surface area contributed by atoms with Crippen molar-refractivity contribution in [2.45, 2.75) is 19.5 Å². The maximum absolute atomic E-state index is 6.36. The standard InChI is InChI=1S/C20H24ClN3O2/c1-15(17-3-2-4-22-13-17)24-7-5-23(6-8-24)14-16-11-18(21)20-19(12-16)25-9-10-26-20/h2-4,11-13,15H,5-10,14H2,1H3. The molecule has 4 rings (SSSR count). The molecule has 0 amide bonds. The summed E-state index contributed by atoms with van der Waals surface area (Å²) in [6.07, 6.45) is 3.79. The van der Waals surface area contributed by atoms with E-state index in [0.717, 1.165) is 38.5 Å². The maximum atomic E-state index is 6.36. The average molecular weight is 374 g/mol. The fourth-order valence-corrected chi connectivity index (χ4v) is 3.94. The van der Waals surface area contributed by atoms with Gasteiger partial charge in [0.05, 0.1) is 5.02 Å². The average Bonchev–Trinajstić information content (AvgIpc) is 2.69. The van der Waals surface area contributed by atoms with Crippen molar-refractivity contribution >= 4 is 11.6 Å². The number of benzene rings is 1. The van der Waals surface area contributed by atoms with Crippen LogP contribution in [-0.2, 0) is 6.54 Å². The first-order chi connectivity index (χ1) is 12.7. The molecule has 0 saturated carbocycles. The van der Waals surface area contributed by atoms with Crippen LogP contribution in [0.1, 0.15) is 24.1 Å². The Balaban J connectivity index is 1.36. The van der Waals surface area contributed by atoms with Gasteiger partial charge in [0.1, 0.15) is 13.2 Å². The molecule has 0 bridgehead atoms. The van der Waals surface area contributed by atoms with Crippen molar-refractivity contribution in [3.8, 4) is 11.5 Å². The first kappa shape index (κ1) is 17.6. The van der Waals surface area contributed by atoms with Gasteiger partial charge in [-0.05, 0) is 36.2 Å². The van der Waals surface area contributed by atoms with Gasteiger partial charge in [-0.15, -0.1) is 0 Å². The van der Waals surface area contributed by atoms with Crippen molar-refractivity contribution < 1.29 is 9.47 Å². The highest BCUT2D eigenvalue weighted by atomic mass is 35.5. The number of piperazine rings is 1.